The van der Waals surface area contributed by atoms with Gasteiger partial charge in [0.1, 0.15) is 22.7 Å². The summed E-state index contributed by atoms with van der Waals surface area (Å²) in [5.74, 6) is 1.92. The second-order valence-corrected chi connectivity index (χ2v) is 14.8. The van der Waals surface area contributed by atoms with Gasteiger partial charge in [0.2, 0.25) is 0 Å². The van der Waals surface area contributed by atoms with Crippen LogP contribution in [0, 0.1) is 0 Å². The third-order valence-corrected chi connectivity index (χ3v) is 8.09. The molecule has 2 unspecified atom stereocenters. The van der Waals surface area contributed by atoms with Crippen LogP contribution in [0.2, 0.25) is 0 Å². The molecule has 2 aromatic rings. The van der Waals surface area contributed by atoms with Crippen molar-refractivity contribution in [3.63, 3.8) is 0 Å². The van der Waals surface area contributed by atoms with E-state index >= 15 is 0 Å². The molecule has 44 heavy (non-hydrogen) atoms. The number of ether oxygens (including phenoxy) is 2. The molecule has 0 saturated heterocycles. The fourth-order valence-corrected chi connectivity index (χ4v) is 5.84. The Hall–Kier alpha value is -2.62. The van der Waals surface area contributed by atoms with Crippen molar-refractivity contribution in [1.29, 1.82) is 0 Å². The highest BCUT2D eigenvalue weighted by molar-refractivity contribution is 5.85. The van der Waals surface area contributed by atoms with E-state index < -0.39 is 0 Å². The SMILES string of the molecule is CCCCc1ccc(OC(C)(C)C)c(C=NC2CCCCC2N=Cc2cc(CCCC)cc(CCCC)c2OC(C)(C)C)c1. The molecule has 0 radical (unpaired) electrons. The van der Waals surface area contributed by atoms with E-state index in [1.54, 1.807) is 0 Å². The highest BCUT2D eigenvalue weighted by atomic mass is 16.5. The van der Waals surface area contributed by atoms with Crippen LogP contribution in [-0.4, -0.2) is 35.7 Å². The van der Waals surface area contributed by atoms with Crippen LogP contribution in [0.15, 0.2) is 40.3 Å². The molecule has 0 amide bonds. The summed E-state index contributed by atoms with van der Waals surface area (Å²) in [6, 6.07) is 11.7. The van der Waals surface area contributed by atoms with Crippen LogP contribution in [0.1, 0.15) is 154 Å². The molecule has 0 aromatic heterocycles. The lowest BCUT2D eigenvalue weighted by molar-refractivity contribution is 0.129. The summed E-state index contributed by atoms with van der Waals surface area (Å²) >= 11 is 0. The van der Waals surface area contributed by atoms with E-state index in [1.165, 1.54) is 61.6 Å². The monoisotopic (exact) mass is 602 g/mol. The molecule has 3 rings (SSSR count). The molecular weight excluding hydrogens is 540 g/mol. The highest BCUT2D eigenvalue weighted by Gasteiger charge is 2.25. The van der Waals surface area contributed by atoms with Gasteiger partial charge in [-0.05, 0) is 128 Å². The van der Waals surface area contributed by atoms with Crippen LogP contribution in [0.3, 0.4) is 0 Å². The lowest BCUT2D eigenvalue weighted by Crippen LogP contribution is -2.27. The molecule has 4 heteroatoms. The first-order valence-corrected chi connectivity index (χ1v) is 17.7. The van der Waals surface area contributed by atoms with Crippen LogP contribution in [0.5, 0.6) is 11.5 Å². The highest BCUT2D eigenvalue weighted by Crippen LogP contribution is 2.32. The van der Waals surface area contributed by atoms with Gasteiger partial charge < -0.3 is 9.47 Å². The average molecular weight is 603 g/mol. The topological polar surface area (TPSA) is 43.2 Å². The Labute approximate surface area is 270 Å². The van der Waals surface area contributed by atoms with Crippen molar-refractivity contribution < 1.29 is 9.47 Å². The summed E-state index contributed by atoms with van der Waals surface area (Å²) < 4.78 is 13.0. The second-order valence-electron chi connectivity index (χ2n) is 14.8. The molecule has 244 valence electrons. The Morgan fingerprint density at radius 2 is 1.18 bits per heavy atom. The normalized spacial score (nSPS) is 17.9. The third kappa shape index (κ3) is 12.1. The Balaban J connectivity index is 1.96. The van der Waals surface area contributed by atoms with Gasteiger partial charge in [-0.3, -0.25) is 9.98 Å². The smallest absolute Gasteiger partial charge is 0.132 e. The number of benzene rings is 2. The van der Waals surface area contributed by atoms with Crippen molar-refractivity contribution in [2.45, 2.75) is 169 Å². The predicted molar refractivity (Wildman–Crippen MR) is 191 cm³/mol. The van der Waals surface area contributed by atoms with E-state index in [0.717, 1.165) is 61.2 Å². The molecule has 1 aliphatic rings. The van der Waals surface area contributed by atoms with Gasteiger partial charge in [-0.25, -0.2) is 0 Å². The van der Waals surface area contributed by atoms with E-state index in [-0.39, 0.29) is 23.3 Å². The fourth-order valence-electron chi connectivity index (χ4n) is 5.84. The maximum atomic E-state index is 6.65. The Morgan fingerprint density at radius 1 is 0.659 bits per heavy atom. The number of unbranched alkanes of at least 4 members (excludes halogenated alkanes) is 3. The zero-order valence-corrected chi connectivity index (χ0v) is 29.6. The maximum absolute atomic E-state index is 6.65. The van der Waals surface area contributed by atoms with Crippen molar-refractivity contribution in [1.82, 2.24) is 0 Å². The number of nitrogens with zero attached hydrogens (tertiary/aromatic N) is 2. The third-order valence-electron chi connectivity index (χ3n) is 8.09. The molecule has 1 fully saturated rings. The second kappa shape index (κ2) is 17.2. The van der Waals surface area contributed by atoms with E-state index in [4.69, 9.17) is 19.5 Å². The largest absolute Gasteiger partial charge is 0.487 e. The van der Waals surface area contributed by atoms with Crippen molar-refractivity contribution in [3.05, 3.63) is 58.1 Å². The van der Waals surface area contributed by atoms with Gasteiger partial charge in [0, 0.05) is 23.6 Å². The maximum Gasteiger partial charge on any atom is 0.132 e. The van der Waals surface area contributed by atoms with Gasteiger partial charge >= 0.3 is 0 Å². The van der Waals surface area contributed by atoms with Crippen LogP contribution in [-0.2, 0) is 19.3 Å². The molecule has 0 spiro atoms. The standard InChI is InChI=1S/C40H62N2O2/c1-10-13-18-30-23-24-37(43-39(4,5)6)33(25-30)28-41-35-21-16-17-22-36(35)42-29-34-27-31(19-14-11-2)26-32(20-15-12-3)38(34)44-40(7,8)9/h23-29,35-36H,10-22H2,1-9H3. The van der Waals surface area contributed by atoms with Gasteiger partial charge in [-0.2, -0.15) is 0 Å². The minimum absolute atomic E-state index is 0.163. The minimum atomic E-state index is -0.273. The summed E-state index contributed by atoms with van der Waals surface area (Å²) in [4.78, 5) is 10.5. The molecule has 2 aromatic carbocycles. The minimum Gasteiger partial charge on any atom is -0.487 e. The molecular formula is C40H62N2O2. The lowest BCUT2D eigenvalue weighted by Gasteiger charge is -2.27. The first-order chi connectivity index (χ1) is 20.9. The molecule has 0 N–H and O–H groups in total. The fraction of sp³-hybridized carbons (Fsp3) is 0.650. The number of hydrogen-bond donors (Lipinski definition) is 0. The van der Waals surface area contributed by atoms with Gasteiger partial charge in [0.25, 0.3) is 0 Å². The van der Waals surface area contributed by atoms with Crippen LogP contribution < -0.4 is 9.47 Å². The Kier molecular flexibility index (Phi) is 14.0. The average Bonchev–Trinajstić information content (AvgIpc) is 2.96. The number of rotatable bonds is 15. The zero-order valence-electron chi connectivity index (χ0n) is 29.6. The number of aryl methyl sites for hydroxylation is 3. The van der Waals surface area contributed by atoms with Crippen molar-refractivity contribution >= 4 is 12.4 Å². The summed E-state index contributed by atoms with van der Waals surface area (Å²) in [5.41, 5.74) is 5.73. The quantitative estimate of drug-likeness (QED) is 0.190. The molecule has 0 heterocycles. The molecule has 1 aliphatic carbocycles. The Morgan fingerprint density at radius 3 is 1.75 bits per heavy atom. The summed E-state index contributed by atoms with van der Waals surface area (Å²) in [7, 11) is 0. The first kappa shape index (κ1) is 35.9. The lowest BCUT2D eigenvalue weighted by atomic mass is 9.91. The van der Waals surface area contributed by atoms with Crippen molar-refractivity contribution in [2.75, 3.05) is 0 Å². The van der Waals surface area contributed by atoms with E-state index in [1.807, 2.05) is 0 Å². The van der Waals surface area contributed by atoms with Gasteiger partial charge in [0.15, 0.2) is 0 Å². The zero-order chi connectivity index (χ0) is 32.2. The molecule has 1 saturated carbocycles. The van der Waals surface area contributed by atoms with Gasteiger partial charge in [0.05, 0.1) is 12.1 Å². The van der Waals surface area contributed by atoms with Crippen molar-refractivity contribution in [2.24, 2.45) is 9.98 Å². The van der Waals surface area contributed by atoms with Crippen LogP contribution >= 0.6 is 0 Å². The van der Waals surface area contributed by atoms with E-state index in [9.17, 15) is 0 Å². The summed E-state index contributed by atoms with van der Waals surface area (Å²) in [6.07, 6.45) is 19.0. The first-order valence-electron chi connectivity index (χ1n) is 17.7. The van der Waals surface area contributed by atoms with E-state index in [2.05, 4.69) is 105 Å². The Bertz CT molecular complexity index is 1220. The molecule has 2 atom stereocenters. The van der Waals surface area contributed by atoms with Crippen LogP contribution in [0.25, 0.3) is 0 Å². The van der Waals surface area contributed by atoms with Gasteiger partial charge in [-0.15, -0.1) is 0 Å². The van der Waals surface area contributed by atoms with E-state index in [0.29, 0.717) is 0 Å². The van der Waals surface area contributed by atoms with Crippen molar-refractivity contribution in [3.8, 4) is 11.5 Å². The van der Waals surface area contributed by atoms with Crippen LogP contribution in [0.4, 0.5) is 0 Å². The summed E-state index contributed by atoms with van der Waals surface area (Å²) in [6.45, 7) is 19.5. The number of aliphatic imine (C=N–C) groups is 2. The van der Waals surface area contributed by atoms with Gasteiger partial charge in [-0.1, -0.05) is 65.0 Å². The molecule has 4 nitrogen and oxygen atoms in total. The summed E-state index contributed by atoms with van der Waals surface area (Å²) in [5, 5.41) is 0. The predicted octanol–water partition coefficient (Wildman–Crippen LogP) is 10.9. The number of hydrogen-bond acceptors (Lipinski definition) is 4. The molecule has 0 aliphatic heterocycles. The molecule has 0 bridgehead atoms.